The van der Waals surface area contributed by atoms with Crippen molar-refractivity contribution in [2.45, 2.75) is 59.2 Å². The fourth-order valence-corrected chi connectivity index (χ4v) is 2.14. The highest BCUT2D eigenvalue weighted by Crippen LogP contribution is 2.20. The summed E-state index contributed by atoms with van der Waals surface area (Å²) in [5.74, 6) is 0. The summed E-state index contributed by atoms with van der Waals surface area (Å²) >= 11 is 0. The number of benzene rings is 1. The molecule has 1 rings (SSSR count). The lowest BCUT2D eigenvalue weighted by Crippen LogP contribution is -2.08. The van der Waals surface area contributed by atoms with Gasteiger partial charge in [0, 0.05) is 18.8 Å². The van der Waals surface area contributed by atoms with Crippen molar-refractivity contribution in [2.75, 3.05) is 13.2 Å². The molecule has 0 aromatic heterocycles. The van der Waals surface area contributed by atoms with Gasteiger partial charge in [0.2, 0.25) is 0 Å². The zero-order chi connectivity index (χ0) is 13.9. The van der Waals surface area contributed by atoms with Crippen LogP contribution in [0.15, 0.2) is 24.3 Å². The van der Waals surface area contributed by atoms with E-state index in [9.17, 15) is 0 Å². The van der Waals surface area contributed by atoms with E-state index in [-0.39, 0.29) is 6.29 Å². The Balaban J connectivity index is 2.49. The van der Waals surface area contributed by atoms with Gasteiger partial charge in [-0.3, -0.25) is 0 Å². The Labute approximate surface area is 118 Å². The van der Waals surface area contributed by atoms with Crippen molar-refractivity contribution in [1.29, 1.82) is 0 Å². The minimum absolute atomic E-state index is 0.218. The highest BCUT2D eigenvalue weighted by Gasteiger charge is 2.10. The lowest BCUT2D eigenvalue weighted by Gasteiger charge is -2.17. The average Bonchev–Trinajstić information content (AvgIpc) is 2.44. The topological polar surface area (TPSA) is 18.5 Å². The molecular formula is C17H28O2. The van der Waals surface area contributed by atoms with E-state index in [1.165, 1.54) is 37.7 Å². The predicted molar refractivity (Wildman–Crippen MR) is 80.3 cm³/mol. The zero-order valence-corrected chi connectivity index (χ0v) is 12.7. The summed E-state index contributed by atoms with van der Waals surface area (Å²) in [5.41, 5.74) is 2.52. The van der Waals surface area contributed by atoms with E-state index < -0.39 is 0 Å². The summed E-state index contributed by atoms with van der Waals surface area (Å²) in [7, 11) is 0. The largest absolute Gasteiger partial charge is 0.349 e. The molecule has 0 saturated carbocycles. The fourth-order valence-electron chi connectivity index (χ4n) is 2.14. The maximum absolute atomic E-state index is 5.60. The highest BCUT2D eigenvalue weighted by atomic mass is 16.7. The Bertz CT molecular complexity index is 313. The Morgan fingerprint density at radius 3 is 2.00 bits per heavy atom. The SMILES string of the molecule is CCCCCCc1ccc(C(OCC)OCC)cc1. The van der Waals surface area contributed by atoms with Gasteiger partial charge < -0.3 is 9.47 Å². The first-order valence-electron chi connectivity index (χ1n) is 7.63. The Morgan fingerprint density at radius 1 is 0.842 bits per heavy atom. The van der Waals surface area contributed by atoms with Gasteiger partial charge in [0.25, 0.3) is 0 Å². The molecule has 0 amide bonds. The van der Waals surface area contributed by atoms with Crippen LogP contribution in [-0.4, -0.2) is 13.2 Å². The van der Waals surface area contributed by atoms with Crippen molar-refractivity contribution in [3.05, 3.63) is 35.4 Å². The van der Waals surface area contributed by atoms with Crippen molar-refractivity contribution in [3.8, 4) is 0 Å². The molecule has 19 heavy (non-hydrogen) atoms. The first kappa shape index (κ1) is 16.2. The normalized spacial score (nSPS) is 11.2. The molecule has 2 heteroatoms. The minimum atomic E-state index is -0.218. The zero-order valence-electron chi connectivity index (χ0n) is 12.7. The molecule has 2 nitrogen and oxygen atoms in total. The van der Waals surface area contributed by atoms with E-state index in [1.54, 1.807) is 0 Å². The molecule has 0 bridgehead atoms. The quantitative estimate of drug-likeness (QED) is 0.443. The molecule has 0 N–H and O–H groups in total. The van der Waals surface area contributed by atoms with Crippen molar-refractivity contribution in [1.82, 2.24) is 0 Å². The second-order valence-corrected chi connectivity index (χ2v) is 4.79. The van der Waals surface area contributed by atoms with Crippen LogP contribution in [0, 0.1) is 0 Å². The fraction of sp³-hybridized carbons (Fsp3) is 0.647. The van der Waals surface area contributed by atoms with E-state index in [0.717, 1.165) is 5.56 Å². The molecule has 1 aromatic rings. The monoisotopic (exact) mass is 264 g/mol. The molecule has 108 valence electrons. The number of unbranched alkanes of at least 4 members (excludes halogenated alkanes) is 3. The molecule has 0 saturated heterocycles. The molecule has 0 unspecified atom stereocenters. The first-order chi connectivity index (χ1) is 9.31. The third-order valence-corrected chi connectivity index (χ3v) is 3.21. The van der Waals surface area contributed by atoms with Gasteiger partial charge in [0.15, 0.2) is 6.29 Å². The van der Waals surface area contributed by atoms with E-state index in [1.807, 2.05) is 13.8 Å². The molecule has 0 fully saturated rings. The van der Waals surface area contributed by atoms with Crippen molar-refractivity contribution in [3.63, 3.8) is 0 Å². The van der Waals surface area contributed by atoms with Crippen LogP contribution in [0.1, 0.15) is 63.9 Å². The summed E-state index contributed by atoms with van der Waals surface area (Å²) in [6.45, 7) is 7.57. The van der Waals surface area contributed by atoms with Crippen LogP contribution in [0.5, 0.6) is 0 Å². The average molecular weight is 264 g/mol. The van der Waals surface area contributed by atoms with Crippen LogP contribution >= 0.6 is 0 Å². The summed E-state index contributed by atoms with van der Waals surface area (Å²) in [6.07, 6.45) is 6.21. The number of hydrogen-bond donors (Lipinski definition) is 0. The van der Waals surface area contributed by atoms with Crippen molar-refractivity contribution in [2.24, 2.45) is 0 Å². The summed E-state index contributed by atoms with van der Waals surface area (Å²) < 4.78 is 11.2. The summed E-state index contributed by atoms with van der Waals surface area (Å²) in [6, 6.07) is 8.66. The molecule has 0 aliphatic carbocycles. The molecular weight excluding hydrogens is 236 g/mol. The maximum atomic E-state index is 5.60. The lowest BCUT2D eigenvalue weighted by atomic mass is 10.0. The van der Waals surface area contributed by atoms with Gasteiger partial charge in [-0.1, -0.05) is 50.5 Å². The molecule has 0 aliphatic heterocycles. The number of hydrogen-bond acceptors (Lipinski definition) is 2. The van der Waals surface area contributed by atoms with Crippen molar-refractivity contribution >= 4 is 0 Å². The summed E-state index contributed by atoms with van der Waals surface area (Å²) in [5, 5.41) is 0. The lowest BCUT2D eigenvalue weighted by molar-refractivity contribution is -0.140. The molecule has 0 radical (unpaired) electrons. The Hall–Kier alpha value is -0.860. The van der Waals surface area contributed by atoms with Crippen molar-refractivity contribution < 1.29 is 9.47 Å². The van der Waals surface area contributed by atoms with E-state index in [2.05, 4.69) is 31.2 Å². The van der Waals surface area contributed by atoms with Crippen LogP contribution in [0.4, 0.5) is 0 Å². The van der Waals surface area contributed by atoms with Gasteiger partial charge in [0.1, 0.15) is 0 Å². The number of aryl methyl sites for hydroxylation is 1. The molecule has 0 atom stereocenters. The van der Waals surface area contributed by atoms with Gasteiger partial charge in [-0.05, 0) is 32.3 Å². The van der Waals surface area contributed by atoms with Gasteiger partial charge >= 0.3 is 0 Å². The van der Waals surface area contributed by atoms with E-state index >= 15 is 0 Å². The third kappa shape index (κ3) is 6.22. The van der Waals surface area contributed by atoms with Crippen LogP contribution in [0.2, 0.25) is 0 Å². The van der Waals surface area contributed by atoms with Gasteiger partial charge in [-0.15, -0.1) is 0 Å². The minimum Gasteiger partial charge on any atom is -0.349 e. The highest BCUT2D eigenvalue weighted by molar-refractivity contribution is 5.23. The van der Waals surface area contributed by atoms with Gasteiger partial charge in [-0.25, -0.2) is 0 Å². The predicted octanol–water partition coefficient (Wildman–Crippen LogP) is 4.88. The van der Waals surface area contributed by atoms with Gasteiger partial charge in [-0.2, -0.15) is 0 Å². The Morgan fingerprint density at radius 2 is 1.47 bits per heavy atom. The van der Waals surface area contributed by atoms with E-state index in [4.69, 9.17) is 9.47 Å². The van der Waals surface area contributed by atoms with Crippen LogP contribution < -0.4 is 0 Å². The van der Waals surface area contributed by atoms with Gasteiger partial charge in [0.05, 0.1) is 0 Å². The number of ether oxygens (including phenoxy) is 2. The summed E-state index contributed by atoms with van der Waals surface area (Å²) in [4.78, 5) is 0. The Kier molecular flexibility index (Phi) is 8.52. The maximum Gasteiger partial charge on any atom is 0.183 e. The van der Waals surface area contributed by atoms with Crippen LogP contribution in [0.25, 0.3) is 0 Å². The van der Waals surface area contributed by atoms with Crippen LogP contribution in [0.3, 0.4) is 0 Å². The molecule has 0 heterocycles. The molecule has 1 aromatic carbocycles. The standard InChI is InChI=1S/C17H28O2/c1-4-7-8-9-10-15-11-13-16(14-12-15)17(18-5-2)19-6-3/h11-14,17H,4-10H2,1-3H3. The number of rotatable bonds is 10. The van der Waals surface area contributed by atoms with E-state index in [0.29, 0.717) is 13.2 Å². The molecule has 0 spiro atoms. The first-order valence-corrected chi connectivity index (χ1v) is 7.63. The second kappa shape index (κ2) is 9.99. The smallest absolute Gasteiger partial charge is 0.183 e. The molecule has 0 aliphatic rings. The third-order valence-electron chi connectivity index (χ3n) is 3.21. The van der Waals surface area contributed by atoms with Crippen LogP contribution in [-0.2, 0) is 15.9 Å². The second-order valence-electron chi connectivity index (χ2n) is 4.79.